The normalized spacial score (nSPS) is 10.2. The van der Waals surface area contributed by atoms with Gasteiger partial charge in [-0.3, -0.25) is 0 Å². The number of alkyl halides is 2. The van der Waals surface area contributed by atoms with Gasteiger partial charge in [0.2, 0.25) is 0 Å². The molecule has 0 heterocycles. The van der Waals surface area contributed by atoms with Crippen LogP contribution in [-0.2, 0) is 11.2 Å². The van der Waals surface area contributed by atoms with Gasteiger partial charge in [-0.2, -0.15) is 5.26 Å². The second kappa shape index (κ2) is 6.70. The number of benzene rings is 1. The van der Waals surface area contributed by atoms with Gasteiger partial charge in [0.15, 0.2) is 0 Å². The molecular formula is C13H13F2NO2. The van der Waals surface area contributed by atoms with Gasteiger partial charge in [-0.25, -0.2) is 13.6 Å². The molecule has 18 heavy (non-hydrogen) atoms. The molecule has 0 aliphatic heterocycles. The first-order valence-electron chi connectivity index (χ1n) is 5.55. The third-order valence-electron chi connectivity index (χ3n) is 2.40. The number of nitrogens with zero attached hydrogens (tertiary/aromatic N) is 1. The van der Waals surface area contributed by atoms with Crippen LogP contribution in [0, 0.1) is 11.3 Å². The van der Waals surface area contributed by atoms with E-state index in [-0.39, 0.29) is 30.6 Å². The van der Waals surface area contributed by atoms with Crippen LogP contribution in [0.3, 0.4) is 0 Å². The summed E-state index contributed by atoms with van der Waals surface area (Å²) in [6.45, 7) is 1.84. The van der Waals surface area contributed by atoms with Crippen LogP contribution in [0.5, 0.6) is 0 Å². The summed E-state index contributed by atoms with van der Waals surface area (Å²) in [6, 6.07) is 5.93. The van der Waals surface area contributed by atoms with Gasteiger partial charge in [-0.05, 0) is 31.0 Å². The predicted octanol–water partition coefficient (Wildman–Crippen LogP) is 3.26. The van der Waals surface area contributed by atoms with Crippen LogP contribution in [0.2, 0.25) is 0 Å². The van der Waals surface area contributed by atoms with Crippen LogP contribution in [0.15, 0.2) is 18.2 Å². The molecule has 1 rings (SSSR count). The minimum absolute atomic E-state index is 0.104. The third kappa shape index (κ3) is 3.52. The van der Waals surface area contributed by atoms with Crippen LogP contribution in [-0.4, -0.2) is 12.6 Å². The molecule has 0 saturated heterocycles. The summed E-state index contributed by atoms with van der Waals surface area (Å²) < 4.78 is 30.4. The van der Waals surface area contributed by atoms with Gasteiger partial charge in [0.25, 0.3) is 6.43 Å². The Morgan fingerprint density at radius 1 is 1.50 bits per heavy atom. The van der Waals surface area contributed by atoms with Crippen LogP contribution < -0.4 is 0 Å². The smallest absolute Gasteiger partial charge is 0.338 e. The molecule has 0 spiro atoms. The standard InChI is InChI=1S/C13H13F2NO2/c1-2-18-13(17)10-6-5-9(4-3-7-16)11(8-10)12(14)15/h5-6,8,12H,2-4H2,1H3. The van der Waals surface area contributed by atoms with Crippen molar-refractivity contribution in [1.82, 2.24) is 0 Å². The molecule has 0 radical (unpaired) electrons. The molecule has 96 valence electrons. The second-order valence-corrected chi connectivity index (χ2v) is 3.59. The first kappa shape index (κ1) is 14.1. The SMILES string of the molecule is CCOC(=O)c1ccc(CCC#N)c(C(F)F)c1. The summed E-state index contributed by atoms with van der Waals surface area (Å²) in [5.74, 6) is -0.619. The van der Waals surface area contributed by atoms with E-state index in [1.807, 2.05) is 6.07 Å². The fourth-order valence-corrected chi connectivity index (χ4v) is 1.56. The van der Waals surface area contributed by atoms with Crippen molar-refractivity contribution in [3.8, 4) is 6.07 Å². The lowest BCUT2D eigenvalue weighted by atomic mass is 10.0. The van der Waals surface area contributed by atoms with Crippen molar-refractivity contribution in [2.75, 3.05) is 6.61 Å². The molecule has 3 nitrogen and oxygen atoms in total. The number of hydrogen-bond donors (Lipinski definition) is 0. The molecule has 0 amide bonds. The minimum atomic E-state index is -2.67. The largest absolute Gasteiger partial charge is 0.462 e. The lowest BCUT2D eigenvalue weighted by Crippen LogP contribution is -2.06. The van der Waals surface area contributed by atoms with Gasteiger partial charge in [-0.15, -0.1) is 0 Å². The Morgan fingerprint density at radius 3 is 2.78 bits per heavy atom. The van der Waals surface area contributed by atoms with Crippen molar-refractivity contribution in [3.63, 3.8) is 0 Å². The molecule has 0 fully saturated rings. The summed E-state index contributed by atoms with van der Waals surface area (Å²) in [5, 5.41) is 8.46. The third-order valence-corrected chi connectivity index (χ3v) is 2.40. The summed E-state index contributed by atoms with van der Waals surface area (Å²) in [7, 11) is 0. The fourth-order valence-electron chi connectivity index (χ4n) is 1.56. The molecule has 0 unspecified atom stereocenters. The molecule has 0 aliphatic carbocycles. The Morgan fingerprint density at radius 2 is 2.22 bits per heavy atom. The van der Waals surface area contributed by atoms with Gasteiger partial charge in [-0.1, -0.05) is 6.07 Å². The van der Waals surface area contributed by atoms with E-state index >= 15 is 0 Å². The highest BCUT2D eigenvalue weighted by atomic mass is 19.3. The fraction of sp³-hybridized carbons (Fsp3) is 0.385. The second-order valence-electron chi connectivity index (χ2n) is 3.59. The highest BCUT2D eigenvalue weighted by Crippen LogP contribution is 2.25. The van der Waals surface area contributed by atoms with Crippen LogP contribution in [0.1, 0.15) is 41.3 Å². The lowest BCUT2D eigenvalue weighted by molar-refractivity contribution is 0.0526. The van der Waals surface area contributed by atoms with Crippen LogP contribution in [0.25, 0.3) is 0 Å². The molecule has 0 atom stereocenters. The summed E-state index contributed by atoms with van der Waals surface area (Å²) in [4.78, 5) is 11.4. The molecule has 0 aliphatic rings. The molecule has 0 saturated carbocycles. The monoisotopic (exact) mass is 253 g/mol. The Kier molecular flexibility index (Phi) is 5.25. The highest BCUT2D eigenvalue weighted by Gasteiger charge is 2.16. The molecule has 5 heteroatoms. The Hall–Kier alpha value is -1.96. The van der Waals surface area contributed by atoms with Crippen molar-refractivity contribution in [1.29, 1.82) is 5.26 Å². The Bertz CT molecular complexity index is 467. The van der Waals surface area contributed by atoms with Gasteiger partial charge in [0.1, 0.15) is 0 Å². The van der Waals surface area contributed by atoms with Gasteiger partial charge < -0.3 is 4.74 Å². The highest BCUT2D eigenvalue weighted by molar-refractivity contribution is 5.89. The van der Waals surface area contributed by atoms with E-state index in [0.29, 0.717) is 5.56 Å². The number of esters is 1. The van der Waals surface area contributed by atoms with Crippen LogP contribution >= 0.6 is 0 Å². The Labute approximate surface area is 104 Å². The zero-order chi connectivity index (χ0) is 13.5. The maximum atomic E-state index is 12.8. The number of aryl methyl sites for hydroxylation is 1. The number of carbonyl (C=O) groups is 1. The quantitative estimate of drug-likeness (QED) is 0.757. The van der Waals surface area contributed by atoms with Gasteiger partial charge in [0, 0.05) is 12.0 Å². The molecular weight excluding hydrogens is 240 g/mol. The molecule has 0 aromatic heterocycles. The summed E-state index contributed by atoms with van der Waals surface area (Å²) in [5.41, 5.74) is 0.281. The average molecular weight is 253 g/mol. The summed E-state index contributed by atoms with van der Waals surface area (Å²) >= 11 is 0. The van der Waals surface area contributed by atoms with Crippen molar-refractivity contribution < 1.29 is 18.3 Å². The van der Waals surface area contributed by atoms with E-state index in [0.717, 1.165) is 6.07 Å². The number of halogens is 2. The first-order valence-corrected chi connectivity index (χ1v) is 5.55. The molecule has 0 bridgehead atoms. The lowest BCUT2D eigenvalue weighted by Gasteiger charge is -2.09. The predicted molar refractivity (Wildman–Crippen MR) is 61.3 cm³/mol. The number of hydrogen-bond acceptors (Lipinski definition) is 3. The van der Waals surface area contributed by atoms with Crippen LogP contribution in [0.4, 0.5) is 8.78 Å². The van der Waals surface area contributed by atoms with Gasteiger partial charge in [0.05, 0.1) is 18.2 Å². The average Bonchev–Trinajstić information content (AvgIpc) is 2.36. The van der Waals surface area contributed by atoms with Crippen molar-refractivity contribution >= 4 is 5.97 Å². The molecule has 1 aromatic rings. The number of rotatable bonds is 5. The zero-order valence-corrected chi connectivity index (χ0v) is 9.95. The summed E-state index contributed by atoms with van der Waals surface area (Å²) in [6.07, 6.45) is -2.26. The van der Waals surface area contributed by atoms with E-state index in [9.17, 15) is 13.6 Å². The van der Waals surface area contributed by atoms with E-state index < -0.39 is 12.4 Å². The van der Waals surface area contributed by atoms with E-state index in [2.05, 4.69) is 0 Å². The van der Waals surface area contributed by atoms with Gasteiger partial charge >= 0.3 is 5.97 Å². The maximum absolute atomic E-state index is 12.8. The minimum Gasteiger partial charge on any atom is -0.462 e. The topological polar surface area (TPSA) is 50.1 Å². The van der Waals surface area contributed by atoms with Crippen molar-refractivity contribution in [3.05, 3.63) is 34.9 Å². The molecule has 1 aromatic carbocycles. The number of carbonyl (C=O) groups excluding carboxylic acids is 1. The Balaban J connectivity index is 3.03. The number of nitriles is 1. The number of ether oxygens (including phenoxy) is 1. The van der Waals surface area contributed by atoms with E-state index in [1.165, 1.54) is 12.1 Å². The van der Waals surface area contributed by atoms with Crippen molar-refractivity contribution in [2.45, 2.75) is 26.2 Å². The maximum Gasteiger partial charge on any atom is 0.338 e. The van der Waals surface area contributed by atoms with Crippen molar-refractivity contribution in [2.24, 2.45) is 0 Å². The zero-order valence-electron chi connectivity index (χ0n) is 9.95. The van der Waals surface area contributed by atoms with E-state index in [1.54, 1.807) is 6.92 Å². The molecule has 0 N–H and O–H groups in total. The first-order chi connectivity index (χ1) is 8.60. The van der Waals surface area contributed by atoms with E-state index in [4.69, 9.17) is 10.00 Å².